The number of hydrogen-bond acceptors (Lipinski definition) is 5. The molecule has 0 aliphatic carbocycles. The van der Waals surface area contributed by atoms with E-state index < -0.39 is 0 Å². The molecule has 7 nitrogen and oxygen atoms in total. The summed E-state index contributed by atoms with van der Waals surface area (Å²) in [5, 5.41) is 10.9. The van der Waals surface area contributed by atoms with Crippen LogP contribution in [0.4, 0.5) is 0 Å². The van der Waals surface area contributed by atoms with Gasteiger partial charge >= 0.3 is 0 Å². The van der Waals surface area contributed by atoms with E-state index in [1.807, 2.05) is 31.2 Å². The number of ether oxygens (including phenoxy) is 1. The molecule has 1 N–H and O–H groups in total. The van der Waals surface area contributed by atoms with E-state index in [0.29, 0.717) is 12.2 Å². The quantitative estimate of drug-likeness (QED) is 0.887. The smallest absolute Gasteiger partial charge is 0.273 e. The Bertz CT molecular complexity index is 677. The van der Waals surface area contributed by atoms with Crippen LogP contribution in [0.2, 0.25) is 0 Å². The van der Waals surface area contributed by atoms with Crippen LogP contribution in [-0.2, 0) is 4.74 Å². The first-order chi connectivity index (χ1) is 11.6. The third kappa shape index (κ3) is 3.98. The average molecular weight is 329 g/mol. The molecule has 24 heavy (non-hydrogen) atoms. The molecule has 128 valence electrons. The van der Waals surface area contributed by atoms with Crippen molar-refractivity contribution < 1.29 is 9.53 Å². The van der Waals surface area contributed by atoms with Gasteiger partial charge in [0.2, 0.25) is 0 Å². The third-order valence-corrected chi connectivity index (χ3v) is 4.25. The van der Waals surface area contributed by atoms with Gasteiger partial charge in [-0.05, 0) is 26.0 Å². The summed E-state index contributed by atoms with van der Waals surface area (Å²) in [6.45, 7) is 8.03. The normalized spacial score (nSPS) is 16.8. The van der Waals surface area contributed by atoms with E-state index in [0.717, 1.165) is 32.0 Å². The molecule has 0 saturated carbocycles. The van der Waals surface area contributed by atoms with Crippen LogP contribution in [0.25, 0.3) is 5.69 Å². The van der Waals surface area contributed by atoms with Crippen LogP contribution in [0.1, 0.15) is 23.0 Å². The zero-order valence-electron chi connectivity index (χ0n) is 14.1. The van der Waals surface area contributed by atoms with Crippen molar-refractivity contribution in [2.24, 2.45) is 0 Å². The Morgan fingerprint density at radius 2 is 2.00 bits per heavy atom. The highest BCUT2D eigenvalue weighted by molar-refractivity contribution is 5.91. The molecule has 2 aromatic rings. The second-order valence-corrected chi connectivity index (χ2v) is 6.09. The van der Waals surface area contributed by atoms with Crippen LogP contribution < -0.4 is 5.32 Å². The summed E-state index contributed by atoms with van der Waals surface area (Å²) in [6, 6.07) is 8.17. The lowest BCUT2D eigenvalue weighted by atomic mass is 10.2. The number of rotatable bonds is 5. The molecule has 1 fully saturated rings. The van der Waals surface area contributed by atoms with Gasteiger partial charge in [-0.1, -0.05) is 22.9 Å². The summed E-state index contributed by atoms with van der Waals surface area (Å²) in [6.07, 6.45) is 1.65. The van der Waals surface area contributed by atoms with Crippen LogP contribution in [0.15, 0.2) is 30.5 Å². The number of amides is 1. The van der Waals surface area contributed by atoms with Gasteiger partial charge in [0, 0.05) is 25.7 Å². The first-order valence-corrected chi connectivity index (χ1v) is 8.23. The minimum absolute atomic E-state index is 0.200. The van der Waals surface area contributed by atoms with Crippen molar-refractivity contribution in [1.82, 2.24) is 25.2 Å². The highest BCUT2D eigenvalue weighted by Crippen LogP contribution is 2.08. The molecule has 1 atom stereocenters. The lowest BCUT2D eigenvalue weighted by molar-refractivity contribution is 0.0204. The van der Waals surface area contributed by atoms with E-state index in [1.54, 1.807) is 10.9 Å². The summed E-state index contributed by atoms with van der Waals surface area (Å²) in [5.74, 6) is -0.200. The molecular formula is C17H23N5O2. The lowest BCUT2D eigenvalue weighted by Gasteiger charge is -2.32. The zero-order valence-corrected chi connectivity index (χ0v) is 14.1. The molecule has 3 rings (SSSR count). The Balaban J connectivity index is 1.56. The van der Waals surface area contributed by atoms with E-state index in [4.69, 9.17) is 4.74 Å². The minimum Gasteiger partial charge on any atom is -0.379 e. The van der Waals surface area contributed by atoms with Crippen molar-refractivity contribution in [2.45, 2.75) is 19.9 Å². The molecule has 1 saturated heterocycles. The van der Waals surface area contributed by atoms with Crippen LogP contribution in [-0.4, -0.2) is 64.7 Å². The molecule has 1 aromatic carbocycles. The number of benzene rings is 1. The molecule has 7 heteroatoms. The molecule has 0 spiro atoms. The van der Waals surface area contributed by atoms with Gasteiger partial charge in [-0.2, -0.15) is 0 Å². The number of morpholine rings is 1. The largest absolute Gasteiger partial charge is 0.379 e. The van der Waals surface area contributed by atoms with Gasteiger partial charge < -0.3 is 10.1 Å². The van der Waals surface area contributed by atoms with Gasteiger partial charge in [-0.3, -0.25) is 9.69 Å². The van der Waals surface area contributed by atoms with E-state index in [1.165, 1.54) is 5.56 Å². The molecule has 0 bridgehead atoms. The van der Waals surface area contributed by atoms with Crippen molar-refractivity contribution in [2.75, 3.05) is 32.8 Å². The summed E-state index contributed by atoms with van der Waals surface area (Å²) in [5.41, 5.74) is 2.38. The fraction of sp³-hybridized carbons (Fsp3) is 0.471. The van der Waals surface area contributed by atoms with Crippen molar-refractivity contribution in [3.63, 3.8) is 0 Å². The van der Waals surface area contributed by atoms with Crippen molar-refractivity contribution in [3.8, 4) is 5.69 Å². The maximum atomic E-state index is 12.3. The SMILES string of the molecule is Cc1ccc(-n2cc(C(=O)NC[C@@H](C)N3CCOCC3)nn2)cc1. The number of nitrogens with one attached hydrogen (secondary N) is 1. The Morgan fingerprint density at radius 3 is 2.71 bits per heavy atom. The Kier molecular flexibility index (Phi) is 5.22. The number of hydrogen-bond donors (Lipinski definition) is 1. The fourth-order valence-electron chi connectivity index (χ4n) is 2.67. The molecule has 1 aromatic heterocycles. The van der Waals surface area contributed by atoms with Crippen LogP contribution in [0.5, 0.6) is 0 Å². The first kappa shape index (κ1) is 16.6. The highest BCUT2D eigenvalue weighted by atomic mass is 16.5. The van der Waals surface area contributed by atoms with E-state index in [9.17, 15) is 4.79 Å². The van der Waals surface area contributed by atoms with Crippen LogP contribution in [0.3, 0.4) is 0 Å². The van der Waals surface area contributed by atoms with Gasteiger partial charge in [0.15, 0.2) is 5.69 Å². The van der Waals surface area contributed by atoms with Crippen molar-refractivity contribution in [3.05, 3.63) is 41.7 Å². The van der Waals surface area contributed by atoms with Gasteiger partial charge in [0.1, 0.15) is 0 Å². The summed E-state index contributed by atoms with van der Waals surface area (Å²) in [7, 11) is 0. The van der Waals surface area contributed by atoms with E-state index in [-0.39, 0.29) is 11.9 Å². The van der Waals surface area contributed by atoms with Crippen molar-refractivity contribution in [1.29, 1.82) is 0 Å². The predicted octanol–water partition coefficient (Wildman–Crippen LogP) is 1.03. The monoisotopic (exact) mass is 329 g/mol. The highest BCUT2D eigenvalue weighted by Gasteiger charge is 2.18. The molecule has 0 unspecified atom stereocenters. The minimum atomic E-state index is -0.200. The summed E-state index contributed by atoms with van der Waals surface area (Å²) in [4.78, 5) is 14.6. The zero-order chi connectivity index (χ0) is 16.9. The van der Waals surface area contributed by atoms with Gasteiger partial charge in [0.25, 0.3) is 5.91 Å². The molecule has 1 aliphatic rings. The lowest BCUT2D eigenvalue weighted by Crippen LogP contribution is -2.47. The number of aromatic nitrogens is 3. The van der Waals surface area contributed by atoms with Crippen LogP contribution in [0, 0.1) is 6.92 Å². The molecule has 1 aliphatic heterocycles. The third-order valence-electron chi connectivity index (χ3n) is 4.25. The van der Waals surface area contributed by atoms with E-state index >= 15 is 0 Å². The standard InChI is InChI=1S/C17H23N5O2/c1-13-3-5-15(6-4-13)22-12-16(19-20-22)17(23)18-11-14(2)21-7-9-24-10-8-21/h3-6,12,14H,7-11H2,1-2H3,(H,18,23)/t14-/m1/s1. The average Bonchev–Trinajstić information content (AvgIpc) is 3.11. The Hall–Kier alpha value is -2.25. The second-order valence-electron chi connectivity index (χ2n) is 6.09. The number of nitrogens with zero attached hydrogens (tertiary/aromatic N) is 4. The maximum absolute atomic E-state index is 12.3. The second kappa shape index (κ2) is 7.55. The molecule has 1 amide bonds. The Labute approximate surface area is 141 Å². The van der Waals surface area contributed by atoms with E-state index in [2.05, 4.69) is 27.5 Å². The van der Waals surface area contributed by atoms with Gasteiger partial charge in [-0.15, -0.1) is 5.10 Å². The topological polar surface area (TPSA) is 72.3 Å². The van der Waals surface area contributed by atoms with Crippen molar-refractivity contribution >= 4 is 5.91 Å². The summed E-state index contributed by atoms with van der Waals surface area (Å²) >= 11 is 0. The van der Waals surface area contributed by atoms with Gasteiger partial charge in [0.05, 0.1) is 25.1 Å². The number of aryl methyl sites for hydroxylation is 1. The molecule has 0 radical (unpaired) electrons. The maximum Gasteiger partial charge on any atom is 0.273 e. The molecular weight excluding hydrogens is 306 g/mol. The summed E-state index contributed by atoms with van der Waals surface area (Å²) < 4.78 is 6.96. The number of carbonyl (C=O) groups excluding carboxylic acids is 1. The Morgan fingerprint density at radius 1 is 1.29 bits per heavy atom. The fourth-order valence-corrected chi connectivity index (χ4v) is 2.67. The first-order valence-electron chi connectivity index (χ1n) is 8.23. The van der Waals surface area contributed by atoms with Crippen LogP contribution >= 0.6 is 0 Å². The predicted molar refractivity (Wildman–Crippen MR) is 90.3 cm³/mol. The van der Waals surface area contributed by atoms with Gasteiger partial charge in [-0.25, -0.2) is 4.68 Å². The molecule has 2 heterocycles. The number of carbonyl (C=O) groups is 1.